The average Bonchev–Trinajstić information content (AvgIpc) is 2.87. The van der Waals surface area contributed by atoms with Crippen LogP contribution in [0.15, 0.2) is 84.9 Å². The molecule has 3 rings (SSSR count). The van der Waals surface area contributed by atoms with Gasteiger partial charge in [0.15, 0.2) is 0 Å². The summed E-state index contributed by atoms with van der Waals surface area (Å²) in [5, 5.41) is 2.99. The van der Waals surface area contributed by atoms with Gasteiger partial charge in [-0.15, -0.1) is 0 Å². The van der Waals surface area contributed by atoms with E-state index in [2.05, 4.69) is 5.32 Å². The molecular weight excluding hydrogens is 412 g/mol. The van der Waals surface area contributed by atoms with Gasteiger partial charge >= 0.3 is 0 Å². The molecule has 172 valence electrons. The summed E-state index contributed by atoms with van der Waals surface area (Å²) in [7, 11) is 1.64. The predicted molar refractivity (Wildman–Crippen MR) is 131 cm³/mol. The number of amides is 2. The molecule has 0 saturated carbocycles. The highest BCUT2D eigenvalue weighted by molar-refractivity contribution is 5.87. The lowest BCUT2D eigenvalue weighted by Crippen LogP contribution is -2.48. The number of carbonyl (C=O) groups excluding carboxylic acids is 2. The van der Waals surface area contributed by atoms with Crippen molar-refractivity contribution in [2.45, 2.75) is 38.8 Å². The fraction of sp³-hybridized carbons (Fsp3) is 0.286. The maximum absolute atomic E-state index is 13.2. The maximum Gasteiger partial charge on any atom is 0.242 e. The molecule has 0 aromatic heterocycles. The molecule has 2 amide bonds. The van der Waals surface area contributed by atoms with Gasteiger partial charge in [-0.2, -0.15) is 0 Å². The van der Waals surface area contributed by atoms with Crippen LogP contribution >= 0.6 is 0 Å². The molecule has 3 aromatic rings. The Morgan fingerprint density at radius 2 is 1.39 bits per heavy atom. The number of aryl methyl sites for hydroxylation is 1. The van der Waals surface area contributed by atoms with Gasteiger partial charge in [-0.1, -0.05) is 72.8 Å². The molecule has 0 radical (unpaired) electrons. The Hall–Kier alpha value is -3.60. The highest BCUT2D eigenvalue weighted by Gasteiger charge is 2.25. The van der Waals surface area contributed by atoms with Gasteiger partial charge < -0.3 is 15.0 Å². The molecule has 5 heteroatoms. The first-order valence-corrected chi connectivity index (χ1v) is 11.3. The molecule has 0 saturated heterocycles. The van der Waals surface area contributed by atoms with Gasteiger partial charge in [-0.25, -0.2) is 0 Å². The summed E-state index contributed by atoms with van der Waals surface area (Å²) in [6.45, 7) is 2.71. The summed E-state index contributed by atoms with van der Waals surface area (Å²) in [4.78, 5) is 27.8. The van der Waals surface area contributed by atoms with Crippen LogP contribution in [0.5, 0.6) is 5.75 Å². The number of hydrogen-bond donors (Lipinski definition) is 1. The van der Waals surface area contributed by atoms with Gasteiger partial charge in [0.2, 0.25) is 11.8 Å². The lowest BCUT2D eigenvalue weighted by Gasteiger charge is -2.29. The van der Waals surface area contributed by atoms with E-state index in [1.807, 2.05) is 84.9 Å². The second-order valence-electron chi connectivity index (χ2n) is 8.06. The summed E-state index contributed by atoms with van der Waals surface area (Å²) in [5.41, 5.74) is 3.23. The van der Waals surface area contributed by atoms with Crippen LogP contribution in [0.4, 0.5) is 0 Å². The third-order valence-corrected chi connectivity index (χ3v) is 5.71. The van der Waals surface area contributed by atoms with Crippen molar-refractivity contribution < 1.29 is 14.3 Å². The molecule has 0 spiro atoms. The van der Waals surface area contributed by atoms with E-state index >= 15 is 0 Å². The summed E-state index contributed by atoms with van der Waals surface area (Å²) in [6.07, 6.45) is 1.72. The Labute approximate surface area is 196 Å². The van der Waals surface area contributed by atoms with Crippen molar-refractivity contribution in [1.82, 2.24) is 10.2 Å². The molecule has 0 fully saturated rings. The third kappa shape index (κ3) is 7.49. The zero-order chi connectivity index (χ0) is 23.5. The molecule has 1 N–H and O–H groups in total. The zero-order valence-corrected chi connectivity index (χ0v) is 19.4. The molecule has 0 aliphatic carbocycles. The van der Waals surface area contributed by atoms with Crippen LogP contribution in [0.1, 0.15) is 30.0 Å². The molecule has 3 aromatic carbocycles. The number of rotatable bonds is 11. The van der Waals surface area contributed by atoms with Crippen molar-refractivity contribution in [1.29, 1.82) is 0 Å². The zero-order valence-electron chi connectivity index (χ0n) is 19.4. The average molecular weight is 445 g/mol. The Morgan fingerprint density at radius 3 is 2.00 bits per heavy atom. The molecule has 0 aliphatic heterocycles. The first-order valence-electron chi connectivity index (χ1n) is 11.3. The molecule has 5 nitrogen and oxygen atoms in total. The summed E-state index contributed by atoms with van der Waals surface area (Å²) in [6, 6.07) is 27.0. The quantitative estimate of drug-likeness (QED) is 0.477. The van der Waals surface area contributed by atoms with Gasteiger partial charge in [0.05, 0.1) is 7.11 Å². The number of nitrogens with zero attached hydrogens (tertiary/aromatic N) is 1. The van der Waals surface area contributed by atoms with Gasteiger partial charge in [-0.05, 0) is 48.6 Å². The van der Waals surface area contributed by atoms with Gasteiger partial charge in [0.25, 0.3) is 0 Å². The molecule has 0 bridgehead atoms. The predicted octanol–water partition coefficient (Wildman–Crippen LogP) is 4.40. The van der Waals surface area contributed by atoms with Crippen molar-refractivity contribution in [3.8, 4) is 5.75 Å². The van der Waals surface area contributed by atoms with Crippen LogP contribution in [0.3, 0.4) is 0 Å². The van der Waals surface area contributed by atoms with Gasteiger partial charge in [0, 0.05) is 19.5 Å². The van der Waals surface area contributed by atoms with Crippen molar-refractivity contribution in [3.63, 3.8) is 0 Å². The third-order valence-electron chi connectivity index (χ3n) is 5.71. The molecule has 1 atom stereocenters. The number of ether oxygens (including phenoxy) is 1. The SMILES string of the molecule is COc1ccc(CCNC(=O)C(C)N(Cc2ccccc2)C(=O)CCc2ccccc2)cc1. The van der Waals surface area contributed by atoms with Crippen LogP contribution < -0.4 is 10.1 Å². The monoisotopic (exact) mass is 444 g/mol. The van der Waals surface area contributed by atoms with E-state index in [0.29, 0.717) is 32.4 Å². The van der Waals surface area contributed by atoms with Gasteiger partial charge in [-0.3, -0.25) is 9.59 Å². The van der Waals surface area contributed by atoms with Crippen molar-refractivity contribution in [3.05, 3.63) is 102 Å². The number of methoxy groups -OCH3 is 1. The second kappa shape index (κ2) is 12.4. The first kappa shape index (κ1) is 24.1. The maximum atomic E-state index is 13.2. The van der Waals surface area contributed by atoms with Crippen molar-refractivity contribution in [2.24, 2.45) is 0 Å². The van der Waals surface area contributed by atoms with Crippen LogP contribution in [0, 0.1) is 0 Å². The second-order valence-corrected chi connectivity index (χ2v) is 8.06. The van der Waals surface area contributed by atoms with Crippen molar-refractivity contribution in [2.75, 3.05) is 13.7 Å². The topological polar surface area (TPSA) is 58.6 Å². The number of carbonyl (C=O) groups is 2. The summed E-state index contributed by atoms with van der Waals surface area (Å²) < 4.78 is 5.18. The van der Waals surface area contributed by atoms with Gasteiger partial charge in [0.1, 0.15) is 11.8 Å². The minimum atomic E-state index is -0.565. The van der Waals surface area contributed by atoms with E-state index in [-0.39, 0.29) is 11.8 Å². The van der Waals surface area contributed by atoms with Crippen LogP contribution in [0.25, 0.3) is 0 Å². The Kier molecular flexibility index (Phi) is 9.07. The molecule has 33 heavy (non-hydrogen) atoms. The van der Waals surface area contributed by atoms with E-state index in [1.165, 1.54) is 0 Å². The Balaban J connectivity index is 1.60. The standard InChI is InChI=1S/C28H32N2O3/c1-22(28(32)29-20-19-24-13-16-26(33-2)17-14-24)30(21-25-11-7-4-8-12-25)27(31)18-15-23-9-5-3-6-10-23/h3-14,16-17,22H,15,18-21H2,1-2H3,(H,29,32). The van der Waals surface area contributed by atoms with E-state index in [1.54, 1.807) is 18.9 Å². The lowest BCUT2D eigenvalue weighted by atomic mass is 10.1. The fourth-order valence-corrected chi connectivity index (χ4v) is 3.67. The molecular formula is C28H32N2O3. The largest absolute Gasteiger partial charge is 0.497 e. The molecule has 1 unspecified atom stereocenters. The first-order chi connectivity index (χ1) is 16.1. The number of benzene rings is 3. The smallest absolute Gasteiger partial charge is 0.242 e. The van der Waals surface area contributed by atoms with Crippen molar-refractivity contribution >= 4 is 11.8 Å². The van der Waals surface area contributed by atoms with E-state index in [9.17, 15) is 9.59 Å². The highest BCUT2D eigenvalue weighted by atomic mass is 16.5. The van der Waals surface area contributed by atoms with E-state index in [4.69, 9.17) is 4.74 Å². The number of nitrogens with one attached hydrogen (secondary N) is 1. The van der Waals surface area contributed by atoms with Crippen LogP contribution in [-0.2, 0) is 29.0 Å². The van der Waals surface area contributed by atoms with E-state index in [0.717, 1.165) is 22.4 Å². The highest BCUT2D eigenvalue weighted by Crippen LogP contribution is 2.14. The summed E-state index contributed by atoms with van der Waals surface area (Å²) >= 11 is 0. The van der Waals surface area contributed by atoms with Crippen LogP contribution in [-0.4, -0.2) is 36.4 Å². The van der Waals surface area contributed by atoms with Crippen LogP contribution in [0.2, 0.25) is 0 Å². The lowest BCUT2D eigenvalue weighted by molar-refractivity contribution is -0.140. The normalized spacial score (nSPS) is 11.5. The fourth-order valence-electron chi connectivity index (χ4n) is 3.67. The number of hydrogen-bond acceptors (Lipinski definition) is 3. The molecule has 0 aliphatic rings. The minimum absolute atomic E-state index is 0.0273. The summed E-state index contributed by atoms with van der Waals surface area (Å²) in [5.74, 6) is 0.634. The Bertz CT molecular complexity index is 1000. The molecule has 0 heterocycles. The Morgan fingerprint density at radius 1 is 0.818 bits per heavy atom. The van der Waals surface area contributed by atoms with E-state index < -0.39 is 6.04 Å². The minimum Gasteiger partial charge on any atom is -0.497 e.